The summed E-state index contributed by atoms with van der Waals surface area (Å²) in [6.45, 7) is 37.4. The molecule has 0 saturated carbocycles. The minimum atomic E-state index is 0.263. The number of fused-ring (bicyclic) bond motifs is 2. The van der Waals surface area contributed by atoms with Crippen LogP contribution in [0.5, 0.6) is 0 Å². The second-order valence-corrected chi connectivity index (χ2v) is 19.4. The van der Waals surface area contributed by atoms with E-state index in [9.17, 15) is 0 Å². The van der Waals surface area contributed by atoms with Gasteiger partial charge in [0, 0.05) is 36.8 Å². The quantitative estimate of drug-likeness (QED) is 0.287. The third-order valence-corrected chi connectivity index (χ3v) is 13.3. The van der Waals surface area contributed by atoms with Gasteiger partial charge in [0.15, 0.2) is 0 Å². The highest BCUT2D eigenvalue weighted by Crippen LogP contribution is 2.46. The minimum Gasteiger partial charge on any atom is -0.303 e. The molecular weight excluding hydrogens is 512 g/mol. The molecule has 0 N–H and O–H groups in total. The van der Waals surface area contributed by atoms with E-state index in [2.05, 4.69) is 88.8 Å². The van der Waals surface area contributed by atoms with Crippen LogP contribution < -0.4 is 0 Å². The Morgan fingerprint density at radius 2 is 1.19 bits per heavy atom. The van der Waals surface area contributed by atoms with Gasteiger partial charge in [-0.15, -0.1) is 0 Å². The van der Waals surface area contributed by atoms with Crippen molar-refractivity contribution >= 4 is 0 Å². The van der Waals surface area contributed by atoms with E-state index in [1.165, 1.54) is 117 Å². The zero-order valence-electron chi connectivity index (χ0n) is 30.0. The van der Waals surface area contributed by atoms with E-state index >= 15 is 0 Å². The summed E-state index contributed by atoms with van der Waals surface area (Å²) < 4.78 is 0. The Balaban J connectivity index is 1.39. The molecule has 0 amide bonds. The molecule has 5 unspecified atom stereocenters. The number of piperidine rings is 4. The molecule has 8 bridgehead atoms. The first-order valence-electron chi connectivity index (χ1n) is 18.5. The van der Waals surface area contributed by atoms with Crippen molar-refractivity contribution in [2.24, 2.45) is 40.4 Å². The van der Waals surface area contributed by atoms with Crippen LogP contribution >= 0.6 is 0 Å². The van der Waals surface area contributed by atoms with Crippen molar-refractivity contribution in [1.29, 1.82) is 0 Å². The molecule has 7 aliphatic rings. The van der Waals surface area contributed by atoms with Crippen LogP contribution in [-0.4, -0.2) is 95.6 Å². The maximum Gasteiger partial charge on any atom is 0.0156 e. The summed E-state index contributed by atoms with van der Waals surface area (Å²) in [6.07, 6.45) is 12.6. The Morgan fingerprint density at radius 1 is 0.595 bits per heavy atom. The Bertz CT molecular complexity index is 795. The van der Waals surface area contributed by atoms with E-state index in [0.717, 1.165) is 35.6 Å². The molecule has 7 fully saturated rings. The number of rotatable bonds is 0. The van der Waals surface area contributed by atoms with Crippen LogP contribution in [0.4, 0.5) is 0 Å². The van der Waals surface area contributed by atoms with Gasteiger partial charge in [-0.05, 0) is 172 Å². The van der Waals surface area contributed by atoms with Gasteiger partial charge in [0.1, 0.15) is 0 Å². The first-order valence-corrected chi connectivity index (χ1v) is 18.5. The fraction of sp³-hybridized carbons (Fsp3) is 1.00. The van der Waals surface area contributed by atoms with Gasteiger partial charge in [-0.1, -0.05) is 34.6 Å². The fourth-order valence-corrected chi connectivity index (χ4v) is 10.9. The second-order valence-electron chi connectivity index (χ2n) is 19.4. The van der Waals surface area contributed by atoms with Gasteiger partial charge >= 0.3 is 0 Å². The summed E-state index contributed by atoms with van der Waals surface area (Å²) in [4.78, 5) is 11.6. The Kier molecular flexibility index (Phi) is 9.93. The Labute approximate surface area is 262 Å². The van der Waals surface area contributed by atoms with E-state index < -0.39 is 0 Å². The lowest BCUT2D eigenvalue weighted by Gasteiger charge is -2.53. The molecule has 0 aromatic heterocycles. The number of hydrogen-bond donors (Lipinski definition) is 0. The normalized spacial score (nSPS) is 42.3. The molecule has 0 spiro atoms. The summed E-state index contributed by atoms with van der Waals surface area (Å²) in [5, 5.41) is 0. The zero-order valence-corrected chi connectivity index (χ0v) is 30.0. The molecule has 0 aromatic rings. The second kappa shape index (κ2) is 12.6. The first-order chi connectivity index (χ1) is 19.5. The maximum atomic E-state index is 2.95. The average Bonchev–Trinajstić information content (AvgIpc) is 2.87. The van der Waals surface area contributed by atoms with Gasteiger partial charge < -0.3 is 9.80 Å². The van der Waals surface area contributed by atoms with E-state index in [0.29, 0.717) is 16.4 Å². The molecule has 0 aromatic carbocycles. The van der Waals surface area contributed by atoms with Crippen molar-refractivity contribution < 1.29 is 0 Å². The first kappa shape index (κ1) is 33.2. The fourth-order valence-electron chi connectivity index (χ4n) is 10.9. The standard InChI is InChI=1S/C38H72N4/c1-35(2,3)34-16-19-40-27-30-13-22-42(36(4,5)6)33(23-30)25-37(7,8)32-14-17-39(18-15-32)26-29-11-20-41(21-12-29)38(9,10)24-31(34)28-40/h29-34H,11-28H2,1-10H3. The molecule has 7 rings (SSSR count). The van der Waals surface area contributed by atoms with Gasteiger partial charge in [-0.25, -0.2) is 0 Å². The van der Waals surface area contributed by atoms with Crippen molar-refractivity contribution in [2.75, 3.05) is 58.9 Å². The van der Waals surface area contributed by atoms with Crippen LogP contribution in [0.3, 0.4) is 0 Å². The van der Waals surface area contributed by atoms with E-state index in [4.69, 9.17) is 0 Å². The highest BCUT2D eigenvalue weighted by Gasteiger charge is 2.44. The van der Waals surface area contributed by atoms with Gasteiger partial charge in [0.25, 0.3) is 0 Å². The topological polar surface area (TPSA) is 13.0 Å². The molecule has 7 aliphatic heterocycles. The van der Waals surface area contributed by atoms with Crippen LogP contribution in [0.1, 0.15) is 127 Å². The maximum absolute atomic E-state index is 2.95. The number of likely N-dealkylation sites (tertiary alicyclic amines) is 1. The molecular formula is C38H72N4. The number of nitrogens with zero attached hydrogens (tertiary/aromatic N) is 4. The van der Waals surface area contributed by atoms with Crippen LogP contribution in [0, 0.1) is 40.4 Å². The summed E-state index contributed by atoms with van der Waals surface area (Å²) in [7, 11) is 0. The van der Waals surface area contributed by atoms with Crippen LogP contribution in [0.15, 0.2) is 0 Å². The van der Waals surface area contributed by atoms with Gasteiger partial charge in [0.2, 0.25) is 0 Å². The lowest BCUT2D eigenvalue weighted by molar-refractivity contribution is -0.0328. The van der Waals surface area contributed by atoms with Crippen molar-refractivity contribution in [2.45, 2.75) is 144 Å². The lowest BCUT2D eigenvalue weighted by atomic mass is 9.66. The molecule has 5 atom stereocenters. The van der Waals surface area contributed by atoms with Crippen LogP contribution in [0.2, 0.25) is 0 Å². The molecule has 0 aliphatic carbocycles. The van der Waals surface area contributed by atoms with Gasteiger partial charge in [0.05, 0.1) is 0 Å². The van der Waals surface area contributed by atoms with Crippen molar-refractivity contribution in [3.05, 3.63) is 0 Å². The monoisotopic (exact) mass is 585 g/mol. The van der Waals surface area contributed by atoms with Crippen molar-refractivity contribution in [3.8, 4) is 0 Å². The molecule has 244 valence electrons. The summed E-state index contributed by atoms with van der Waals surface area (Å²) in [5.74, 6) is 4.28. The highest BCUT2D eigenvalue weighted by atomic mass is 15.2. The summed E-state index contributed by atoms with van der Waals surface area (Å²) in [5.41, 5.74) is 1.39. The van der Waals surface area contributed by atoms with E-state index in [1.807, 2.05) is 0 Å². The molecule has 4 heteroatoms. The lowest BCUT2D eigenvalue weighted by Crippen LogP contribution is -2.56. The van der Waals surface area contributed by atoms with Crippen molar-refractivity contribution in [3.63, 3.8) is 0 Å². The van der Waals surface area contributed by atoms with E-state index in [1.54, 1.807) is 0 Å². The SMILES string of the molecule is CC(C)(C)C1CCN2CC3CCN(C(C)(C)C)C(C3)CC(C)(C)C3CCN(CC3)CC3CCN(CC3)C(C)(C)CC1C2. The van der Waals surface area contributed by atoms with Crippen LogP contribution in [0.25, 0.3) is 0 Å². The van der Waals surface area contributed by atoms with Crippen molar-refractivity contribution in [1.82, 2.24) is 19.6 Å². The largest absolute Gasteiger partial charge is 0.303 e. The summed E-state index contributed by atoms with van der Waals surface area (Å²) in [6, 6.07) is 0.729. The minimum absolute atomic E-state index is 0.263. The summed E-state index contributed by atoms with van der Waals surface area (Å²) >= 11 is 0. The highest BCUT2D eigenvalue weighted by molar-refractivity contribution is 4.98. The smallest absolute Gasteiger partial charge is 0.0156 e. The predicted octanol–water partition coefficient (Wildman–Crippen LogP) is 7.87. The Hall–Kier alpha value is -0.160. The van der Waals surface area contributed by atoms with Crippen LogP contribution in [-0.2, 0) is 0 Å². The zero-order chi connectivity index (χ0) is 30.5. The average molecular weight is 585 g/mol. The molecule has 7 heterocycles. The third kappa shape index (κ3) is 7.79. The van der Waals surface area contributed by atoms with Gasteiger partial charge in [-0.3, -0.25) is 9.80 Å². The number of hydrogen-bond acceptors (Lipinski definition) is 4. The predicted molar refractivity (Wildman–Crippen MR) is 181 cm³/mol. The Morgan fingerprint density at radius 3 is 1.81 bits per heavy atom. The molecule has 42 heavy (non-hydrogen) atoms. The van der Waals surface area contributed by atoms with E-state index in [-0.39, 0.29) is 5.54 Å². The molecule has 7 saturated heterocycles. The molecule has 4 nitrogen and oxygen atoms in total. The molecule has 0 radical (unpaired) electrons. The third-order valence-electron chi connectivity index (χ3n) is 13.3. The van der Waals surface area contributed by atoms with Gasteiger partial charge in [-0.2, -0.15) is 0 Å².